The van der Waals surface area contributed by atoms with Crippen molar-refractivity contribution in [3.05, 3.63) is 24.5 Å². The number of carbonyl (C=O) groups excluding carboxylic acids is 1. The van der Waals surface area contributed by atoms with Crippen molar-refractivity contribution in [3.8, 4) is 0 Å². The Morgan fingerprint density at radius 3 is 2.45 bits per heavy atom. The number of piperazine rings is 1. The van der Waals surface area contributed by atoms with Crippen molar-refractivity contribution in [3.63, 3.8) is 0 Å². The first-order chi connectivity index (χ1) is 14.3. The first-order valence-corrected chi connectivity index (χ1v) is 10.9. The van der Waals surface area contributed by atoms with E-state index in [1.165, 1.54) is 18.5 Å². The number of ether oxygens (including phenoxy) is 1. The molecule has 1 aromatic carbocycles. The fraction of sp³-hybridized carbons (Fsp3) is 0.591. The molecule has 0 saturated carbocycles. The number of carbonyl (C=O) groups is 1. The van der Waals surface area contributed by atoms with Gasteiger partial charge < -0.3 is 19.4 Å². The number of anilines is 2. The van der Waals surface area contributed by atoms with Crippen molar-refractivity contribution >= 4 is 28.3 Å². The average Bonchev–Trinajstić information content (AvgIpc) is 3.33. The van der Waals surface area contributed by atoms with Gasteiger partial charge in [-0.05, 0) is 43.9 Å². The van der Waals surface area contributed by atoms with Crippen LogP contribution in [0.3, 0.4) is 0 Å². The maximum atomic E-state index is 12.8. The SMILES string of the molecule is O=C(C1CCOCC1)N1CCN(c2ccc3ncnc(N4CCCC4)c3c2)CC1. The van der Waals surface area contributed by atoms with Crippen LogP contribution < -0.4 is 9.80 Å². The maximum absolute atomic E-state index is 12.8. The van der Waals surface area contributed by atoms with Gasteiger partial charge in [0.05, 0.1) is 5.52 Å². The Morgan fingerprint density at radius 2 is 1.69 bits per heavy atom. The van der Waals surface area contributed by atoms with E-state index < -0.39 is 0 Å². The van der Waals surface area contributed by atoms with E-state index in [2.05, 4.69) is 38.0 Å². The van der Waals surface area contributed by atoms with E-state index >= 15 is 0 Å². The van der Waals surface area contributed by atoms with E-state index in [9.17, 15) is 4.79 Å². The number of fused-ring (bicyclic) bond motifs is 1. The molecule has 4 heterocycles. The summed E-state index contributed by atoms with van der Waals surface area (Å²) in [5.74, 6) is 1.52. The highest BCUT2D eigenvalue weighted by Crippen LogP contribution is 2.30. The topological polar surface area (TPSA) is 61.8 Å². The van der Waals surface area contributed by atoms with Crippen LogP contribution in [0.1, 0.15) is 25.7 Å². The van der Waals surface area contributed by atoms with Gasteiger partial charge >= 0.3 is 0 Å². The molecule has 3 aliphatic heterocycles. The lowest BCUT2D eigenvalue weighted by Gasteiger charge is -2.38. The molecule has 154 valence electrons. The second-order valence-corrected chi connectivity index (χ2v) is 8.29. The molecule has 29 heavy (non-hydrogen) atoms. The number of nitrogens with zero attached hydrogens (tertiary/aromatic N) is 5. The van der Waals surface area contributed by atoms with Gasteiger partial charge in [-0.25, -0.2) is 9.97 Å². The zero-order valence-corrected chi connectivity index (χ0v) is 16.9. The molecule has 3 fully saturated rings. The first kappa shape index (κ1) is 18.6. The minimum Gasteiger partial charge on any atom is -0.381 e. The Balaban J connectivity index is 1.30. The van der Waals surface area contributed by atoms with Gasteiger partial charge in [-0.2, -0.15) is 0 Å². The normalized spacial score (nSPS) is 21.2. The third-order valence-electron chi connectivity index (χ3n) is 6.53. The number of amides is 1. The zero-order chi connectivity index (χ0) is 19.6. The van der Waals surface area contributed by atoms with Gasteiger partial charge in [0.15, 0.2) is 0 Å². The number of aromatic nitrogens is 2. The van der Waals surface area contributed by atoms with Crippen LogP contribution >= 0.6 is 0 Å². The lowest BCUT2D eigenvalue weighted by atomic mass is 9.98. The summed E-state index contributed by atoms with van der Waals surface area (Å²) in [5, 5.41) is 1.13. The van der Waals surface area contributed by atoms with Crippen molar-refractivity contribution in [2.24, 2.45) is 5.92 Å². The largest absolute Gasteiger partial charge is 0.381 e. The van der Waals surface area contributed by atoms with Crippen LogP contribution in [0.5, 0.6) is 0 Å². The van der Waals surface area contributed by atoms with Crippen molar-refractivity contribution in [1.82, 2.24) is 14.9 Å². The molecule has 7 heteroatoms. The molecule has 1 aromatic heterocycles. The molecule has 2 aromatic rings. The highest BCUT2D eigenvalue weighted by atomic mass is 16.5. The van der Waals surface area contributed by atoms with E-state index in [0.717, 1.165) is 82.0 Å². The molecule has 7 nitrogen and oxygen atoms in total. The van der Waals surface area contributed by atoms with Gasteiger partial charge in [0.25, 0.3) is 0 Å². The van der Waals surface area contributed by atoms with Crippen molar-refractivity contribution < 1.29 is 9.53 Å². The molecular formula is C22H29N5O2. The summed E-state index contributed by atoms with van der Waals surface area (Å²) in [6, 6.07) is 6.49. The summed E-state index contributed by atoms with van der Waals surface area (Å²) in [6.45, 7) is 6.90. The number of rotatable bonds is 3. The van der Waals surface area contributed by atoms with Crippen LogP contribution in [-0.2, 0) is 9.53 Å². The summed E-state index contributed by atoms with van der Waals surface area (Å²) >= 11 is 0. The first-order valence-electron chi connectivity index (χ1n) is 10.9. The van der Waals surface area contributed by atoms with Crippen molar-refractivity contribution in [1.29, 1.82) is 0 Å². The summed E-state index contributed by atoms with van der Waals surface area (Å²) in [7, 11) is 0. The van der Waals surface area contributed by atoms with Crippen LogP contribution in [0.15, 0.2) is 24.5 Å². The van der Waals surface area contributed by atoms with Crippen molar-refractivity contribution in [2.45, 2.75) is 25.7 Å². The Morgan fingerprint density at radius 1 is 0.931 bits per heavy atom. The van der Waals surface area contributed by atoms with E-state index in [1.807, 2.05) is 4.90 Å². The van der Waals surface area contributed by atoms with Gasteiger partial charge in [-0.1, -0.05) is 0 Å². The molecule has 1 amide bonds. The fourth-order valence-electron chi connectivity index (χ4n) is 4.80. The third-order valence-corrected chi connectivity index (χ3v) is 6.53. The Bertz CT molecular complexity index is 869. The van der Waals surface area contributed by atoms with Crippen LogP contribution in [0.4, 0.5) is 11.5 Å². The van der Waals surface area contributed by atoms with Gasteiger partial charge in [0, 0.05) is 69.5 Å². The molecule has 0 bridgehead atoms. The molecule has 0 unspecified atom stereocenters. The number of hydrogen-bond donors (Lipinski definition) is 0. The van der Waals surface area contributed by atoms with Gasteiger partial charge in [0.1, 0.15) is 12.1 Å². The number of hydrogen-bond acceptors (Lipinski definition) is 6. The number of benzene rings is 1. The highest BCUT2D eigenvalue weighted by Gasteiger charge is 2.29. The Kier molecular flexibility index (Phi) is 5.23. The van der Waals surface area contributed by atoms with Crippen LogP contribution in [-0.4, -0.2) is 73.3 Å². The lowest BCUT2D eigenvalue weighted by Crippen LogP contribution is -2.51. The standard InChI is InChI=1S/C22H29N5O2/c28-22(17-5-13-29-14-6-17)27-11-9-25(10-12-27)18-3-4-20-19(15-18)21(24-16-23-20)26-7-1-2-8-26/h3-4,15-17H,1-2,5-14H2. The molecule has 0 aliphatic carbocycles. The van der Waals surface area contributed by atoms with Gasteiger partial charge in [-0.15, -0.1) is 0 Å². The smallest absolute Gasteiger partial charge is 0.225 e. The van der Waals surface area contributed by atoms with Crippen LogP contribution in [0.25, 0.3) is 10.9 Å². The van der Waals surface area contributed by atoms with E-state index in [-0.39, 0.29) is 5.92 Å². The molecule has 0 N–H and O–H groups in total. The van der Waals surface area contributed by atoms with Gasteiger partial charge in [-0.3, -0.25) is 4.79 Å². The summed E-state index contributed by atoms with van der Waals surface area (Å²) in [6.07, 6.45) is 5.87. The Hall–Kier alpha value is -2.41. The third kappa shape index (κ3) is 3.75. The predicted molar refractivity (Wildman–Crippen MR) is 113 cm³/mol. The quantitative estimate of drug-likeness (QED) is 0.795. The van der Waals surface area contributed by atoms with Crippen LogP contribution in [0.2, 0.25) is 0 Å². The molecule has 3 saturated heterocycles. The summed E-state index contributed by atoms with van der Waals surface area (Å²) in [4.78, 5) is 28.7. The van der Waals surface area contributed by atoms with E-state index in [1.54, 1.807) is 6.33 Å². The molecule has 3 aliphatic rings. The average molecular weight is 396 g/mol. The molecule has 5 rings (SSSR count). The monoisotopic (exact) mass is 395 g/mol. The highest BCUT2D eigenvalue weighted by molar-refractivity contribution is 5.92. The Labute approximate surface area is 171 Å². The van der Waals surface area contributed by atoms with Gasteiger partial charge in [0.2, 0.25) is 5.91 Å². The fourth-order valence-corrected chi connectivity index (χ4v) is 4.80. The van der Waals surface area contributed by atoms with Crippen LogP contribution in [0, 0.1) is 5.92 Å². The molecular weight excluding hydrogens is 366 g/mol. The minimum absolute atomic E-state index is 0.149. The van der Waals surface area contributed by atoms with E-state index in [4.69, 9.17) is 4.74 Å². The minimum atomic E-state index is 0.149. The molecule has 0 atom stereocenters. The second-order valence-electron chi connectivity index (χ2n) is 8.29. The maximum Gasteiger partial charge on any atom is 0.225 e. The molecule has 0 radical (unpaired) electrons. The van der Waals surface area contributed by atoms with Crippen molar-refractivity contribution in [2.75, 3.05) is 62.3 Å². The summed E-state index contributed by atoms with van der Waals surface area (Å²) in [5.41, 5.74) is 2.20. The molecule has 0 spiro atoms. The predicted octanol–water partition coefficient (Wildman–Crippen LogP) is 2.31. The second kappa shape index (κ2) is 8.14. The lowest BCUT2D eigenvalue weighted by molar-refractivity contribution is -0.138. The van der Waals surface area contributed by atoms with E-state index in [0.29, 0.717) is 5.91 Å². The summed E-state index contributed by atoms with van der Waals surface area (Å²) < 4.78 is 5.40. The zero-order valence-electron chi connectivity index (χ0n) is 16.9.